The van der Waals surface area contributed by atoms with Crippen molar-refractivity contribution in [1.82, 2.24) is 10.2 Å². The minimum Gasteiger partial charge on any atom is -0.451 e. The van der Waals surface area contributed by atoms with Crippen molar-refractivity contribution in [2.24, 2.45) is 5.92 Å². The molecule has 1 N–H and O–H groups in total. The zero-order chi connectivity index (χ0) is 33.8. The van der Waals surface area contributed by atoms with Gasteiger partial charge in [0.05, 0.1) is 6.16 Å². The van der Waals surface area contributed by atoms with Crippen molar-refractivity contribution in [3.63, 3.8) is 0 Å². The Morgan fingerprint density at radius 1 is 0.755 bits per heavy atom. The third-order valence-electron chi connectivity index (χ3n) is 9.50. The fourth-order valence-electron chi connectivity index (χ4n) is 7.31. The van der Waals surface area contributed by atoms with Crippen molar-refractivity contribution in [2.75, 3.05) is 11.9 Å². The van der Waals surface area contributed by atoms with Crippen LogP contribution in [0.3, 0.4) is 0 Å². The van der Waals surface area contributed by atoms with E-state index in [1.165, 1.54) is 4.90 Å². The Morgan fingerprint density at radius 2 is 1.18 bits per heavy atom. The number of fused-ring (bicyclic) bond motifs is 1. The quantitative estimate of drug-likeness (QED) is 0.0966. The van der Waals surface area contributed by atoms with E-state index in [9.17, 15) is 18.6 Å². The topological polar surface area (TPSA) is 92.8 Å². The van der Waals surface area contributed by atoms with Gasteiger partial charge < -0.3 is 15.0 Å². The van der Waals surface area contributed by atoms with Gasteiger partial charge in [-0.1, -0.05) is 115 Å². The molecule has 0 aliphatic carbocycles. The molecule has 2 heterocycles. The van der Waals surface area contributed by atoms with E-state index in [-0.39, 0.29) is 5.75 Å². The second kappa shape index (κ2) is 14.3. The van der Waals surface area contributed by atoms with E-state index in [2.05, 4.69) is 41.7 Å². The highest BCUT2D eigenvalue weighted by Crippen LogP contribution is 2.58. The summed E-state index contributed by atoms with van der Waals surface area (Å²) in [5, 5.41) is 5.08. The number of hydrogen-bond donors (Lipinski definition) is 1. The lowest BCUT2D eigenvalue weighted by Gasteiger charge is -2.54. The minimum atomic E-state index is -2.50. The number of rotatable bonds is 11. The highest BCUT2D eigenvalue weighted by atomic mass is 32.2. The summed E-state index contributed by atoms with van der Waals surface area (Å²) in [6.07, 6.45) is 0.201. The van der Waals surface area contributed by atoms with E-state index >= 15 is 0 Å². The summed E-state index contributed by atoms with van der Waals surface area (Å²) in [6, 6.07) is 48.0. The van der Waals surface area contributed by atoms with Crippen LogP contribution in [0.5, 0.6) is 0 Å². The molecule has 5 atom stereocenters. The SMILES string of the molecule is O=CN[C@@H]1C(=O)N2C(C(=O)OC(c3ccccc3)c3ccccc3)C(C[P+](c3ccccc3)(c3ccccc3)c3ccccc3)C[S@](=O)[C@H]12. The lowest BCUT2D eigenvalue weighted by molar-refractivity contribution is -0.170. The number of carbonyl (C=O) groups excluding carboxylic acids is 3. The van der Waals surface area contributed by atoms with Gasteiger partial charge in [-0.15, -0.1) is 0 Å². The van der Waals surface area contributed by atoms with Crippen molar-refractivity contribution in [1.29, 1.82) is 0 Å². The molecule has 7 rings (SSSR count). The first kappa shape index (κ1) is 32.6. The number of esters is 1. The molecule has 5 aromatic carbocycles. The molecule has 2 aliphatic heterocycles. The number of β-lactam (4-membered cyclic amide) rings is 1. The molecule has 0 bridgehead atoms. The summed E-state index contributed by atoms with van der Waals surface area (Å²) in [5.74, 6) is -1.35. The molecule has 0 aromatic heterocycles. The first-order chi connectivity index (χ1) is 24.0. The molecule has 2 fully saturated rings. The van der Waals surface area contributed by atoms with E-state index in [0.717, 1.165) is 27.0 Å². The average molecular weight is 688 g/mol. The van der Waals surface area contributed by atoms with Crippen LogP contribution in [0.2, 0.25) is 0 Å². The average Bonchev–Trinajstić information content (AvgIpc) is 3.16. The molecule has 2 aliphatic rings. The Morgan fingerprint density at radius 3 is 1.61 bits per heavy atom. The number of ether oxygens (including phenoxy) is 1. The van der Waals surface area contributed by atoms with E-state index in [0.29, 0.717) is 12.6 Å². The van der Waals surface area contributed by atoms with Crippen molar-refractivity contribution < 1.29 is 23.3 Å². The highest BCUT2D eigenvalue weighted by molar-refractivity contribution is 7.95. The number of hydrogen-bond acceptors (Lipinski definition) is 5. The maximum absolute atomic E-state index is 14.8. The largest absolute Gasteiger partial charge is 0.451 e. The van der Waals surface area contributed by atoms with E-state index in [1.54, 1.807) is 0 Å². The van der Waals surface area contributed by atoms with Gasteiger partial charge in [0.15, 0.2) is 6.10 Å². The van der Waals surface area contributed by atoms with Gasteiger partial charge in [0.1, 0.15) is 40.6 Å². The number of nitrogens with one attached hydrogen (secondary N) is 1. The standard InChI is InChI=1S/C40H35N2O5PS/c43-28-41-35-38(44)42-36(40(45)47-37(29-16-6-1-7-17-29)30-18-8-2-9-19-30)31(27-49(46)39(35)42)26-48(32-20-10-3-11-21-32,33-22-12-4-13-23-33)34-24-14-5-15-25-34/h1-25,28,31,35-37,39H,26-27H2/p+1/t31?,35-,36?,39-,49+/m1/s1. The van der Waals surface area contributed by atoms with Crippen LogP contribution in [0, 0.1) is 5.92 Å². The summed E-state index contributed by atoms with van der Waals surface area (Å²) >= 11 is 0. The molecule has 2 unspecified atom stereocenters. The Kier molecular flexibility index (Phi) is 9.52. The van der Waals surface area contributed by atoms with Gasteiger partial charge >= 0.3 is 5.97 Å². The van der Waals surface area contributed by atoms with Crippen LogP contribution < -0.4 is 21.2 Å². The lowest BCUT2D eigenvalue weighted by Crippen LogP contribution is -2.78. The second-order valence-electron chi connectivity index (χ2n) is 12.3. The molecule has 9 heteroatoms. The Labute approximate surface area is 289 Å². The summed E-state index contributed by atoms with van der Waals surface area (Å²) in [7, 11) is -4.04. The van der Waals surface area contributed by atoms with Gasteiger partial charge in [-0.2, -0.15) is 0 Å². The van der Waals surface area contributed by atoms with Crippen molar-refractivity contribution >= 4 is 52.3 Å². The highest BCUT2D eigenvalue weighted by Gasteiger charge is 2.63. The predicted molar refractivity (Wildman–Crippen MR) is 195 cm³/mol. The summed E-state index contributed by atoms with van der Waals surface area (Å²) in [6.45, 7) is 0. The smallest absolute Gasteiger partial charge is 0.330 e. The summed E-state index contributed by atoms with van der Waals surface area (Å²) < 4.78 is 20.5. The third-order valence-corrected chi connectivity index (χ3v) is 15.9. The fourth-order valence-corrected chi connectivity index (χ4v) is 14.0. The van der Waals surface area contributed by atoms with Gasteiger partial charge in [0.25, 0.3) is 0 Å². The Balaban J connectivity index is 1.36. The molecule has 0 radical (unpaired) electrons. The van der Waals surface area contributed by atoms with Gasteiger partial charge in [0, 0.05) is 22.5 Å². The monoisotopic (exact) mass is 687 g/mol. The maximum atomic E-state index is 14.8. The molecule has 5 aromatic rings. The van der Waals surface area contributed by atoms with E-state index in [4.69, 9.17) is 4.74 Å². The zero-order valence-electron chi connectivity index (χ0n) is 26.7. The molecule has 2 amide bonds. The molecular formula is C40H36N2O5PS+. The first-order valence-corrected chi connectivity index (χ1v) is 19.6. The minimum absolute atomic E-state index is 0.168. The van der Waals surface area contributed by atoms with Crippen molar-refractivity contribution in [3.05, 3.63) is 163 Å². The van der Waals surface area contributed by atoms with Crippen molar-refractivity contribution in [3.8, 4) is 0 Å². The predicted octanol–water partition coefficient (Wildman–Crippen LogP) is 4.34. The molecule has 0 saturated carbocycles. The molecule has 49 heavy (non-hydrogen) atoms. The van der Waals surface area contributed by atoms with Crippen molar-refractivity contribution in [2.45, 2.75) is 23.6 Å². The number of amides is 2. The van der Waals surface area contributed by atoms with Crippen LogP contribution >= 0.6 is 7.26 Å². The number of carbonyl (C=O) groups is 3. The molecule has 0 spiro atoms. The normalized spacial score (nSPS) is 21.7. The summed E-state index contributed by atoms with van der Waals surface area (Å²) in [4.78, 5) is 41.4. The van der Waals surface area contributed by atoms with Crippen LogP contribution in [-0.2, 0) is 29.9 Å². The lowest BCUT2D eigenvalue weighted by atomic mass is 9.94. The van der Waals surface area contributed by atoms with Gasteiger partial charge in [-0.05, 0) is 47.5 Å². The van der Waals surface area contributed by atoms with Crippen LogP contribution in [0.15, 0.2) is 152 Å². The van der Waals surface area contributed by atoms with E-state index in [1.807, 2.05) is 115 Å². The molecular weight excluding hydrogens is 651 g/mol. The Bertz CT molecular complexity index is 1800. The van der Waals surface area contributed by atoms with Crippen LogP contribution in [0.25, 0.3) is 0 Å². The zero-order valence-corrected chi connectivity index (χ0v) is 28.4. The van der Waals surface area contributed by atoms with Crippen LogP contribution in [-0.4, -0.2) is 56.8 Å². The fraction of sp³-hybridized carbons (Fsp3) is 0.175. The van der Waals surface area contributed by atoms with Gasteiger partial charge in [-0.25, -0.2) is 4.79 Å². The first-order valence-electron chi connectivity index (χ1n) is 16.3. The molecule has 2 saturated heterocycles. The third kappa shape index (κ3) is 6.11. The number of nitrogens with zero attached hydrogens (tertiary/aromatic N) is 1. The molecule has 7 nitrogen and oxygen atoms in total. The van der Waals surface area contributed by atoms with E-state index < -0.39 is 59.4 Å². The van der Waals surface area contributed by atoms with Gasteiger partial charge in [0.2, 0.25) is 12.3 Å². The number of benzene rings is 5. The summed E-state index contributed by atoms with van der Waals surface area (Å²) in [5.41, 5.74) is 1.59. The second-order valence-corrected chi connectivity index (χ2v) is 17.4. The van der Waals surface area contributed by atoms with Crippen LogP contribution in [0.1, 0.15) is 17.2 Å². The Hall–Kier alpha value is -4.91. The molecule has 246 valence electrons. The maximum Gasteiger partial charge on any atom is 0.330 e. The van der Waals surface area contributed by atoms with Crippen LogP contribution in [0.4, 0.5) is 0 Å². The van der Waals surface area contributed by atoms with Gasteiger partial charge in [-0.3, -0.25) is 13.8 Å².